The Morgan fingerprint density at radius 1 is 1.17 bits per heavy atom. The highest BCUT2D eigenvalue weighted by Crippen LogP contribution is 1.94. The predicted molar refractivity (Wildman–Crippen MR) is 58.3 cm³/mol. The second-order valence-electron chi connectivity index (χ2n) is 2.25. The lowest BCUT2D eigenvalue weighted by atomic mass is 10.3. The van der Waals surface area contributed by atoms with Crippen LogP contribution in [0.1, 0.15) is 47.0 Å². The highest BCUT2D eigenvalue weighted by molar-refractivity contribution is 5.05. The van der Waals surface area contributed by atoms with Crippen molar-refractivity contribution < 1.29 is 0 Å². The van der Waals surface area contributed by atoms with E-state index in [1.54, 1.807) is 0 Å². The summed E-state index contributed by atoms with van der Waals surface area (Å²) in [5, 5.41) is 0. The first kappa shape index (κ1) is 13.8. The Morgan fingerprint density at radius 2 is 1.75 bits per heavy atom. The summed E-state index contributed by atoms with van der Waals surface area (Å²) in [6.45, 7) is 8.25. The highest BCUT2D eigenvalue weighted by Gasteiger charge is 1.75. The van der Waals surface area contributed by atoms with Crippen LogP contribution in [0.15, 0.2) is 30.0 Å². The first-order valence-corrected chi connectivity index (χ1v) is 4.97. The minimum Gasteiger partial charge on any atom is -0.125 e. The van der Waals surface area contributed by atoms with E-state index in [1.807, 2.05) is 26.0 Å². The average Bonchev–Trinajstić information content (AvgIpc) is 2.40. The van der Waals surface area contributed by atoms with E-state index in [0.717, 1.165) is 6.42 Å². The molecule has 70 valence electrons. The largest absolute Gasteiger partial charge is 0.125 e. The Balaban J connectivity index is 0. The Morgan fingerprint density at radius 3 is 2.33 bits per heavy atom. The molecule has 0 spiro atoms. The lowest BCUT2D eigenvalue weighted by Crippen LogP contribution is -1.56. The summed E-state index contributed by atoms with van der Waals surface area (Å²) < 4.78 is 0. The van der Waals surface area contributed by atoms with Gasteiger partial charge in [-0.2, -0.15) is 0 Å². The van der Waals surface area contributed by atoms with E-state index in [2.05, 4.69) is 31.7 Å². The molecule has 0 bridgehead atoms. The predicted octanol–water partition coefficient (Wildman–Crippen LogP) is 4.49. The molecule has 1 aliphatic carbocycles. The zero-order valence-corrected chi connectivity index (χ0v) is 8.93. The Hall–Kier alpha value is -0.740. The van der Waals surface area contributed by atoms with Crippen molar-refractivity contribution in [1.82, 2.24) is 0 Å². The van der Waals surface area contributed by atoms with E-state index >= 15 is 0 Å². The summed E-state index contributed by atoms with van der Waals surface area (Å²) in [6.07, 6.45) is 11.7. The Labute approximate surface area is 77.7 Å². The van der Waals surface area contributed by atoms with Gasteiger partial charge in [0, 0.05) is 0 Å². The van der Waals surface area contributed by atoms with Gasteiger partial charge < -0.3 is 0 Å². The molecule has 12 heavy (non-hydrogen) atoms. The van der Waals surface area contributed by atoms with Crippen LogP contribution in [0, 0.1) is 0 Å². The summed E-state index contributed by atoms with van der Waals surface area (Å²) in [4.78, 5) is 0. The molecule has 0 nitrogen and oxygen atoms in total. The van der Waals surface area contributed by atoms with Gasteiger partial charge in [-0.3, -0.25) is 0 Å². The van der Waals surface area contributed by atoms with Crippen molar-refractivity contribution in [2.75, 3.05) is 0 Å². The van der Waals surface area contributed by atoms with E-state index in [-0.39, 0.29) is 0 Å². The fourth-order valence-corrected chi connectivity index (χ4v) is 0.551. The van der Waals surface area contributed by atoms with Crippen LogP contribution < -0.4 is 0 Å². The van der Waals surface area contributed by atoms with E-state index in [1.165, 1.54) is 12.8 Å². The van der Waals surface area contributed by atoms with Gasteiger partial charge in [0.1, 0.15) is 0 Å². The summed E-state index contributed by atoms with van der Waals surface area (Å²) in [5.74, 6) is 0. The summed E-state index contributed by atoms with van der Waals surface area (Å²) in [7, 11) is 0. The zero-order valence-electron chi connectivity index (χ0n) is 8.93. The minimum atomic E-state index is 1.15. The third-order valence-electron chi connectivity index (χ3n) is 0.924. The van der Waals surface area contributed by atoms with Crippen molar-refractivity contribution in [2.45, 2.75) is 47.0 Å². The van der Waals surface area contributed by atoms with Gasteiger partial charge in [-0.25, -0.2) is 0 Å². The maximum absolute atomic E-state index is 3.01. The van der Waals surface area contributed by atoms with E-state index in [0.29, 0.717) is 0 Å². The van der Waals surface area contributed by atoms with Gasteiger partial charge >= 0.3 is 0 Å². The molecular formula is C12H22. The summed E-state index contributed by atoms with van der Waals surface area (Å²) in [5.41, 5.74) is 3.01. The molecule has 0 radical (unpaired) electrons. The molecule has 1 aliphatic rings. The van der Waals surface area contributed by atoms with Crippen molar-refractivity contribution in [3.8, 4) is 0 Å². The number of hydrogen-bond donors (Lipinski definition) is 0. The van der Waals surface area contributed by atoms with Gasteiger partial charge in [-0.05, 0) is 25.0 Å². The molecule has 0 heterocycles. The first-order chi connectivity index (χ1) is 5.91. The van der Waals surface area contributed by atoms with Gasteiger partial charge in [0.25, 0.3) is 0 Å². The molecule has 0 unspecified atom stereocenters. The van der Waals surface area contributed by atoms with Crippen molar-refractivity contribution in [1.29, 1.82) is 0 Å². The quantitative estimate of drug-likeness (QED) is 0.465. The molecule has 0 fully saturated rings. The second-order valence-corrected chi connectivity index (χ2v) is 2.25. The van der Waals surface area contributed by atoms with E-state index in [4.69, 9.17) is 0 Å². The van der Waals surface area contributed by atoms with Crippen LogP contribution in [-0.2, 0) is 0 Å². The molecule has 0 saturated heterocycles. The molecule has 0 aromatic heterocycles. The topological polar surface area (TPSA) is 0 Å². The minimum absolute atomic E-state index is 1.15. The molecule has 1 rings (SSSR count). The van der Waals surface area contributed by atoms with Crippen LogP contribution in [-0.4, -0.2) is 0 Å². The van der Waals surface area contributed by atoms with E-state index in [9.17, 15) is 0 Å². The molecular weight excluding hydrogens is 144 g/mol. The van der Waals surface area contributed by atoms with Gasteiger partial charge in [0.05, 0.1) is 0 Å². The number of hydrogen-bond acceptors (Lipinski definition) is 0. The van der Waals surface area contributed by atoms with Gasteiger partial charge in [0.15, 0.2) is 0 Å². The smallest absolute Gasteiger partial charge is 0.0206 e. The Kier molecular flexibility index (Phi) is 19.2. The lowest BCUT2D eigenvalue weighted by molar-refractivity contribution is 1.06. The Bertz CT molecular complexity index is 134. The van der Waals surface area contributed by atoms with Crippen LogP contribution >= 0.6 is 0 Å². The average molecular weight is 166 g/mol. The third kappa shape index (κ3) is 16.1. The molecule has 0 aromatic rings. The van der Waals surface area contributed by atoms with Crippen LogP contribution in [0.25, 0.3) is 0 Å². The van der Waals surface area contributed by atoms with Crippen molar-refractivity contribution in [3.05, 3.63) is 30.0 Å². The third-order valence-corrected chi connectivity index (χ3v) is 0.924. The highest BCUT2D eigenvalue weighted by atomic mass is 13.8. The normalized spacial score (nSPS) is 12.0. The molecule has 0 saturated carbocycles. The lowest BCUT2D eigenvalue weighted by Gasteiger charge is -1.75. The first-order valence-electron chi connectivity index (χ1n) is 4.97. The molecule has 0 N–H and O–H groups in total. The van der Waals surface area contributed by atoms with E-state index < -0.39 is 0 Å². The second kappa shape index (κ2) is 16.7. The van der Waals surface area contributed by atoms with Crippen molar-refractivity contribution in [3.63, 3.8) is 0 Å². The fraction of sp³-hybridized carbons (Fsp3) is 0.583. The summed E-state index contributed by atoms with van der Waals surface area (Å²) in [6, 6.07) is 0. The van der Waals surface area contributed by atoms with Crippen molar-refractivity contribution >= 4 is 0 Å². The molecule has 0 heteroatoms. The molecule has 0 atom stereocenters. The van der Waals surface area contributed by atoms with Crippen LogP contribution in [0.5, 0.6) is 0 Å². The zero-order chi connectivity index (χ0) is 9.66. The SMILES string of the molecule is C1=CC=CCCC=1.CC.CCC. The standard InChI is InChI=1S/C7H8.C3H8.C2H6/c1-2-4-6-7-5-3-1;1-3-2;1-2/h1-3,7H,4,6H2;3H2,1-2H3;1-2H3. The van der Waals surface area contributed by atoms with Crippen LogP contribution in [0.2, 0.25) is 0 Å². The van der Waals surface area contributed by atoms with Gasteiger partial charge in [-0.15, -0.1) is 5.73 Å². The molecule has 0 aromatic carbocycles. The number of rotatable bonds is 0. The molecule has 0 aliphatic heterocycles. The van der Waals surface area contributed by atoms with Gasteiger partial charge in [-0.1, -0.05) is 46.3 Å². The monoisotopic (exact) mass is 166 g/mol. The van der Waals surface area contributed by atoms with Crippen molar-refractivity contribution in [2.24, 2.45) is 0 Å². The van der Waals surface area contributed by atoms with Crippen LogP contribution in [0.4, 0.5) is 0 Å². The molecule has 0 amide bonds. The maximum Gasteiger partial charge on any atom is -0.0206 e. The maximum atomic E-state index is 3.01. The van der Waals surface area contributed by atoms with Crippen LogP contribution in [0.3, 0.4) is 0 Å². The van der Waals surface area contributed by atoms with Gasteiger partial charge in [0.2, 0.25) is 0 Å². The summed E-state index contributed by atoms with van der Waals surface area (Å²) >= 11 is 0. The number of allylic oxidation sites excluding steroid dienone is 3. The fourth-order valence-electron chi connectivity index (χ4n) is 0.551.